The average Bonchev–Trinajstić information content (AvgIpc) is 2.28. The molecule has 0 saturated carbocycles. The lowest BCUT2D eigenvalue weighted by Crippen LogP contribution is -2.18. The van der Waals surface area contributed by atoms with Gasteiger partial charge in [0.2, 0.25) is 0 Å². The van der Waals surface area contributed by atoms with E-state index in [-0.39, 0.29) is 0 Å². The number of hydrogen-bond donors (Lipinski definition) is 1. The molecule has 0 radical (unpaired) electrons. The molecule has 16 heavy (non-hydrogen) atoms. The Bertz CT molecular complexity index is 368. The highest BCUT2D eigenvalue weighted by molar-refractivity contribution is 5.46. The highest BCUT2D eigenvalue weighted by Crippen LogP contribution is 2.15. The number of pyridine rings is 1. The summed E-state index contributed by atoms with van der Waals surface area (Å²) in [6.45, 7) is 6.63. The first kappa shape index (κ1) is 12.5. The number of nitrogens with zero attached hydrogens (tertiary/aromatic N) is 2. The fourth-order valence-corrected chi connectivity index (χ4v) is 1.70. The van der Waals surface area contributed by atoms with Gasteiger partial charge in [-0.3, -0.25) is 0 Å². The van der Waals surface area contributed by atoms with Crippen molar-refractivity contribution in [3.63, 3.8) is 0 Å². The van der Waals surface area contributed by atoms with Crippen molar-refractivity contribution < 1.29 is 0 Å². The van der Waals surface area contributed by atoms with E-state index >= 15 is 0 Å². The summed E-state index contributed by atoms with van der Waals surface area (Å²) in [4.78, 5) is 3.94. The van der Waals surface area contributed by atoms with Gasteiger partial charge in [0.1, 0.15) is 11.8 Å². The molecule has 0 aliphatic rings. The van der Waals surface area contributed by atoms with Crippen molar-refractivity contribution in [2.24, 2.45) is 5.92 Å². The van der Waals surface area contributed by atoms with E-state index in [1.54, 1.807) is 12.3 Å². The van der Waals surface area contributed by atoms with Gasteiger partial charge in [0, 0.05) is 17.9 Å². The van der Waals surface area contributed by atoms with Crippen molar-refractivity contribution in [1.29, 1.82) is 5.26 Å². The maximum atomic E-state index is 8.74. The van der Waals surface area contributed by atoms with Crippen LogP contribution in [0.4, 0.5) is 5.69 Å². The SMILES string of the molecule is CCC(C)CC(C)Nc1ccnc(C#N)c1. The summed E-state index contributed by atoms with van der Waals surface area (Å²) in [5.74, 6) is 0.722. The highest BCUT2D eigenvalue weighted by Gasteiger charge is 2.07. The minimum absolute atomic E-state index is 0.420. The molecule has 1 heterocycles. The van der Waals surface area contributed by atoms with Crippen molar-refractivity contribution in [3.8, 4) is 6.07 Å². The quantitative estimate of drug-likeness (QED) is 0.824. The van der Waals surface area contributed by atoms with Crippen LogP contribution >= 0.6 is 0 Å². The van der Waals surface area contributed by atoms with E-state index in [0.717, 1.165) is 18.0 Å². The van der Waals surface area contributed by atoms with Crippen LogP contribution in [-0.4, -0.2) is 11.0 Å². The zero-order valence-corrected chi connectivity index (χ0v) is 10.2. The van der Waals surface area contributed by atoms with Gasteiger partial charge in [-0.1, -0.05) is 20.3 Å². The number of nitrogens with one attached hydrogen (secondary N) is 1. The molecule has 2 unspecified atom stereocenters. The number of nitriles is 1. The lowest BCUT2D eigenvalue weighted by Gasteiger charge is -2.18. The lowest BCUT2D eigenvalue weighted by atomic mass is 10.0. The topological polar surface area (TPSA) is 48.7 Å². The number of aromatic nitrogens is 1. The first-order valence-corrected chi connectivity index (χ1v) is 5.78. The standard InChI is InChI=1S/C13H19N3/c1-4-10(2)7-11(3)16-12-5-6-15-13(8-12)9-14/h5-6,8,10-11H,4,7H2,1-3H3,(H,15,16). The Kier molecular flexibility index (Phi) is 4.78. The fraction of sp³-hybridized carbons (Fsp3) is 0.538. The third-order valence-corrected chi connectivity index (χ3v) is 2.74. The van der Waals surface area contributed by atoms with Gasteiger partial charge in [0.05, 0.1) is 0 Å². The molecule has 3 heteroatoms. The van der Waals surface area contributed by atoms with Crippen LogP contribution in [0, 0.1) is 17.2 Å². The predicted molar refractivity (Wildman–Crippen MR) is 66.1 cm³/mol. The lowest BCUT2D eigenvalue weighted by molar-refractivity contribution is 0.484. The van der Waals surface area contributed by atoms with E-state index < -0.39 is 0 Å². The monoisotopic (exact) mass is 217 g/mol. The molecule has 1 N–H and O–H groups in total. The molecule has 0 saturated heterocycles. The van der Waals surface area contributed by atoms with E-state index in [1.807, 2.05) is 12.1 Å². The number of rotatable bonds is 5. The Balaban J connectivity index is 2.56. The molecule has 0 aliphatic carbocycles. The fourth-order valence-electron chi connectivity index (χ4n) is 1.70. The number of anilines is 1. The Morgan fingerprint density at radius 3 is 2.88 bits per heavy atom. The van der Waals surface area contributed by atoms with E-state index in [1.165, 1.54) is 6.42 Å². The van der Waals surface area contributed by atoms with Crippen molar-refractivity contribution in [2.45, 2.75) is 39.7 Å². The van der Waals surface area contributed by atoms with Gasteiger partial charge >= 0.3 is 0 Å². The summed E-state index contributed by atoms with van der Waals surface area (Å²) < 4.78 is 0. The van der Waals surface area contributed by atoms with Crippen molar-refractivity contribution in [2.75, 3.05) is 5.32 Å². The van der Waals surface area contributed by atoms with E-state index in [9.17, 15) is 0 Å². The van der Waals surface area contributed by atoms with Crippen LogP contribution in [0.2, 0.25) is 0 Å². The molecule has 3 nitrogen and oxygen atoms in total. The van der Waals surface area contributed by atoms with Crippen LogP contribution in [-0.2, 0) is 0 Å². The predicted octanol–water partition coefficient (Wildman–Crippen LogP) is 3.19. The second-order valence-electron chi connectivity index (χ2n) is 4.34. The van der Waals surface area contributed by atoms with Crippen LogP contribution in [0.5, 0.6) is 0 Å². The van der Waals surface area contributed by atoms with Gasteiger partial charge in [-0.25, -0.2) is 4.98 Å². The Morgan fingerprint density at radius 2 is 2.25 bits per heavy atom. The summed E-state index contributed by atoms with van der Waals surface area (Å²) in [5.41, 5.74) is 1.43. The molecular formula is C13H19N3. The van der Waals surface area contributed by atoms with Crippen LogP contribution in [0.25, 0.3) is 0 Å². The normalized spacial score (nSPS) is 13.9. The first-order chi connectivity index (χ1) is 7.65. The molecule has 0 aliphatic heterocycles. The maximum absolute atomic E-state index is 8.74. The summed E-state index contributed by atoms with van der Waals surface area (Å²) >= 11 is 0. The van der Waals surface area contributed by atoms with E-state index in [0.29, 0.717) is 11.7 Å². The molecule has 0 bridgehead atoms. The van der Waals surface area contributed by atoms with Crippen LogP contribution < -0.4 is 5.32 Å². The largest absolute Gasteiger partial charge is 0.382 e. The van der Waals surface area contributed by atoms with Crippen LogP contribution in [0.3, 0.4) is 0 Å². The molecule has 0 aromatic carbocycles. The van der Waals surface area contributed by atoms with Gasteiger partial charge in [-0.2, -0.15) is 5.26 Å². The van der Waals surface area contributed by atoms with Crippen molar-refractivity contribution in [3.05, 3.63) is 24.0 Å². The molecule has 0 spiro atoms. The average molecular weight is 217 g/mol. The van der Waals surface area contributed by atoms with Gasteiger partial charge in [0.25, 0.3) is 0 Å². The molecule has 0 fully saturated rings. The molecule has 1 aromatic rings. The van der Waals surface area contributed by atoms with Gasteiger partial charge in [-0.05, 0) is 31.4 Å². The highest BCUT2D eigenvalue weighted by atomic mass is 14.9. The summed E-state index contributed by atoms with van der Waals surface area (Å²) in [6, 6.07) is 6.14. The molecule has 1 aromatic heterocycles. The zero-order valence-electron chi connectivity index (χ0n) is 10.2. The van der Waals surface area contributed by atoms with Crippen molar-refractivity contribution >= 4 is 5.69 Å². The third kappa shape index (κ3) is 3.90. The van der Waals surface area contributed by atoms with Crippen LogP contribution in [0.1, 0.15) is 39.3 Å². The molecular weight excluding hydrogens is 198 g/mol. The van der Waals surface area contributed by atoms with Crippen molar-refractivity contribution in [1.82, 2.24) is 4.98 Å². The third-order valence-electron chi connectivity index (χ3n) is 2.74. The molecule has 86 valence electrons. The number of hydrogen-bond acceptors (Lipinski definition) is 3. The Morgan fingerprint density at radius 1 is 1.50 bits per heavy atom. The van der Waals surface area contributed by atoms with Gasteiger partial charge in [-0.15, -0.1) is 0 Å². The first-order valence-electron chi connectivity index (χ1n) is 5.78. The molecule has 0 amide bonds. The second-order valence-corrected chi connectivity index (χ2v) is 4.34. The minimum atomic E-state index is 0.420. The molecule has 1 rings (SSSR count). The van der Waals surface area contributed by atoms with Gasteiger partial charge < -0.3 is 5.32 Å². The Labute approximate surface area is 97.5 Å². The maximum Gasteiger partial charge on any atom is 0.142 e. The summed E-state index contributed by atoms with van der Waals surface area (Å²) in [7, 11) is 0. The summed E-state index contributed by atoms with van der Waals surface area (Å²) in [5, 5.41) is 12.1. The zero-order chi connectivity index (χ0) is 12.0. The smallest absolute Gasteiger partial charge is 0.142 e. The molecule has 2 atom stereocenters. The van der Waals surface area contributed by atoms with E-state index in [2.05, 4.69) is 31.1 Å². The summed E-state index contributed by atoms with van der Waals surface area (Å²) in [6.07, 6.45) is 4.00. The minimum Gasteiger partial charge on any atom is -0.382 e. The second kappa shape index (κ2) is 6.12. The van der Waals surface area contributed by atoms with Crippen LogP contribution in [0.15, 0.2) is 18.3 Å². The Hall–Kier alpha value is -1.56. The van der Waals surface area contributed by atoms with E-state index in [4.69, 9.17) is 5.26 Å². The van der Waals surface area contributed by atoms with Gasteiger partial charge in [0.15, 0.2) is 0 Å².